The van der Waals surface area contributed by atoms with E-state index in [1.807, 2.05) is 6.92 Å². The van der Waals surface area contributed by atoms with Crippen molar-refractivity contribution in [3.8, 4) is 0 Å². The van der Waals surface area contributed by atoms with Gasteiger partial charge < -0.3 is 0 Å². The van der Waals surface area contributed by atoms with Gasteiger partial charge in [-0.05, 0) is 0 Å². The summed E-state index contributed by atoms with van der Waals surface area (Å²) >= 11 is 0.309. The Morgan fingerprint density at radius 2 is 1.89 bits per heavy atom. The second-order valence-electron chi connectivity index (χ2n) is 5.66. The minimum absolute atomic E-state index is 0.166. The van der Waals surface area contributed by atoms with E-state index in [1.54, 1.807) is 0 Å². The molecule has 0 aliphatic carbocycles. The first kappa shape index (κ1) is 13.8. The molecule has 98 valence electrons. The number of aliphatic imine (C=N–C) groups is 1. The van der Waals surface area contributed by atoms with Crippen LogP contribution in [-0.2, 0) is 0 Å². The molecule has 0 radical (unpaired) electrons. The quantitative estimate of drug-likeness (QED) is 0.836. The molecule has 2 rings (SSSR count). The van der Waals surface area contributed by atoms with E-state index < -0.39 is 5.72 Å². The average Bonchev–Trinajstić information content (AvgIpc) is 2.27. The van der Waals surface area contributed by atoms with Crippen LogP contribution in [-0.4, -0.2) is 30.4 Å². The predicted molar refractivity (Wildman–Crippen MR) is 77.4 cm³/mol. The Balaban J connectivity index is 2.39. The molecular weight excluding hydrogens is 289 g/mol. The van der Waals surface area contributed by atoms with Crippen molar-refractivity contribution >= 4 is 19.6 Å². The van der Waals surface area contributed by atoms with E-state index in [2.05, 4.69) is 50.0 Å². The summed E-state index contributed by atoms with van der Waals surface area (Å²) in [5.41, 5.74) is 1.55. The van der Waals surface area contributed by atoms with Crippen LogP contribution in [0.2, 0.25) is 4.31 Å². The average molecular weight is 310 g/mol. The van der Waals surface area contributed by atoms with Crippen LogP contribution in [0.5, 0.6) is 0 Å². The maximum absolute atomic E-state index is 10.5. The molecule has 2 nitrogen and oxygen atoms in total. The zero-order chi connectivity index (χ0) is 13.4. The predicted octanol–water partition coefficient (Wildman–Crippen LogP) is 3.15. The van der Waals surface area contributed by atoms with Crippen molar-refractivity contribution in [3.05, 3.63) is 35.4 Å². The summed E-state index contributed by atoms with van der Waals surface area (Å²) < 4.78 is 1.27. The van der Waals surface area contributed by atoms with Crippen molar-refractivity contribution in [2.24, 2.45) is 4.99 Å². The van der Waals surface area contributed by atoms with Crippen molar-refractivity contribution in [2.45, 2.75) is 50.6 Å². The summed E-state index contributed by atoms with van der Waals surface area (Å²) in [6, 6.07) is 8.46. The Morgan fingerprint density at radius 3 is 2.44 bits per heavy atom. The van der Waals surface area contributed by atoms with Gasteiger partial charge in [0.25, 0.3) is 0 Å². The molecular formula is C15H21NOSe. The fourth-order valence-corrected chi connectivity index (χ4v) is 4.97. The van der Waals surface area contributed by atoms with Gasteiger partial charge in [-0.3, -0.25) is 0 Å². The third kappa shape index (κ3) is 3.03. The monoisotopic (exact) mass is 311 g/mol. The molecule has 1 aromatic carbocycles. The zero-order valence-corrected chi connectivity index (χ0v) is 13.2. The van der Waals surface area contributed by atoms with Gasteiger partial charge in [0.1, 0.15) is 0 Å². The van der Waals surface area contributed by atoms with Crippen LogP contribution in [0.4, 0.5) is 0 Å². The van der Waals surface area contributed by atoms with Crippen LogP contribution in [0.25, 0.3) is 0 Å². The van der Waals surface area contributed by atoms with Gasteiger partial charge in [-0.2, -0.15) is 0 Å². The Hall–Kier alpha value is -0.631. The maximum atomic E-state index is 10.5. The minimum atomic E-state index is -0.871. The number of nitrogens with zero attached hydrogens (tertiary/aromatic N) is 1. The Labute approximate surface area is 116 Å². The molecule has 1 N–H and O–H groups in total. The van der Waals surface area contributed by atoms with E-state index in [0.717, 1.165) is 11.0 Å². The van der Waals surface area contributed by atoms with Crippen LogP contribution in [0.15, 0.2) is 29.3 Å². The number of hydrogen-bond acceptors (Lipinski definition) is 2. The van der Waals surface area contributed by atoms with E-state index in [-0.39, 0.29) is 4.31 Å². The van der Waals surface area contributed by atoms with Gasteiger partial charge in [-0.1, -0.05) is 0 Å². The molecule has 1 aliphatic heterocycles. The fourth-order valence-electron chi connectivity index (χ4n) is 2.25. The number of aryl methyl sites for hydroxylation is 1. The van der Waals surface area contributed by atoms with Gasteiger partial charge in [0.2, 0.25) is 0 Å². The van der Waals surface area contributed by atoms with E-state index in [1.165, 1.54) is 11.1 Å². The molecule has 0 aromatic heterocycles. The van der Waals surface area contributed by atoms with Gasteiger partial charge in [-0.25, -0.2) is 0 Å². The first-order valence-corrected chi connectivity index (χ1v) is 8.13. The SMILES string of the molecule is CCC1(O)CC(C)(C)[Se]C(c2ccc(C)cc2)=N1. The summed E-state index contributed by atoms with van der Waals surface area (Å²) in [5, 5.41) is 10.5. The van der Waals surface area contributed by atoms with Crippen molar-refractivity contribution < 1.29 is 5.11 Å². The van der Waals surface area contributed by atoms with Crippen molar-refractivity contribution in [3.63, 3.8) is 0 Å². The molecule has 1 unspecified atom stereocenters. The van der Waals surface area contributed by atoms with Crippen LogP contribution in [0.3, 0.4) is 0 Å². The van der Waals surface area contributed by atoms with Crippen molar-refractivity contribution in [2.75, 3.05) is 0 Å². The van der Waals surface area contributed by atoms with E-state index >= 15 is 0 Å². The van der Waals surface area contributed by atoms with E-state index in [4.69, 9.17) is 0 Å². The van der Waals surface area contributed by atoms with Crippen LogP contribution >= 0.6 is 0 Å². The number of hydrogen-bond donors (Lipinski definition) is 1. The van der Waals surface area contributed by atoms with Gasteiger partial charge >= 0.3 is 116 Å². The summed E-state index contributed by atoms with van der Waals surface area (Å²) in [7, 11) is 0. The molecule has 3 heteroatoms. The van der Waals surface area contributed by atoms with Gasteiger partial charge in [0, 0.05) is 0 Å². The molecule has 0 saturated carbocycles. The summed E-state index contributed by atoms with van der Waals surface area (Å²) in [4.78, 5) is 4.63. The summed E-state index contributed by atoms with van der Waals surface area (Å²) in [6.45, 7) is 8.56. The fraction of sp³-hybridized carbons (Fsp3) is 0.533. The van der Waals surface area contributed by atoms with Gasteiger partial charge in [0.15, 0.2) is 0 Å². The molecule has 0 fully saturated rings. The topological polar surface area (TPSA) is 32.6 Å². The third-order valence-corrected chi connectivity index (χ3v) is 5.81. The van der Waals surface area contributed by atoms with Gasteiger partial charge in [-0.15, -0.1) is 0 Å². The summed E-state index contributed by atoms with van der Waals surface area (Å²) in [6.07, 6.45) is 1.45. The third-order valence-electron chi connectivity index (χ3n) is 3.26. The molecule has 1 aliphatic rings. The Kier molecular flexibility index (Phi) is 3.68. The second kappa shape index (κ2) is 4.80. The Bertz CT molecular complexity index is 464. The van der Waals surface area contributed by atoms with Gasteiger partial charge in [0.05, 0.1) is 0 Å². The first-order valence-electron chi connectivity index (χ1n) is 6.42. The normalized spacial score (nSPS) is 26.8. The first-order chi connectivity index (χ1) is 8.34. The summed E-state index contributed by atoms with van der Waals surface area (Å²) in [5.74, 6) is 0. The van der Waals surface area contributed by atoms with Crippen LogP contribution in [0.1, 0.15) is 44.7 Å². The van der Waals surface area contributed by atoms with E-state index in [9.17, 15) is 5.11 Å². The molecule has 0 spiro atoms. The molecule has 0 bridgehead atoms. The zero-order valence-electron chi connectivity index (χ0n) is 11.5. The number of rotatable bonds is 2. The second-order valence-corrected chi connectivity index (χ2v) is 9.22. The van der Waals surface area contributed by atoms with Crippen LogP contribution < -0.4 is 0 Å². The molecule has 1 aromatic rings. The van der Waals surface area contributed by atoms with Crippen molar-refractivity contribution in [1.29, 1.82) is 0 Å². The molecule has 0 amide bonds. The number of benzene rings is 1. The molecule has 1 heterocycles. The number of aliphatic hydroxyl groups is 1. The molecule has 18 heavy (non-hydrogen) atoms. The van der Waals surface area contributed by atoms with Crippen molar-refractivity contribution in [1.82, 2.24) is 0 Å². The van der Waals surface area contributed by atoms with E-state index in [0.29, 0.717) is 21.4 Å². The standard InChI is InChI=1S/C15H21NOSe/c1-5-15(17)10-14(3,4)18-13(16-15)12-8-6-11(2)7-9-12/h6-9,17H,5,10H2,1-4H3. The Morgan fingerprint density at radius 1 is 1.28 bits per heavy atom. The molecule has 1 atom stereocenters. The molecule has 0 saturated heterocycles. The van der Waals surface area contributed by atoms with Crippen LogP contribution in [0, 0.1) is 6.92 Å².